The van der Waals surface area contributed by atoms with E-state index in [1.54, 1.807) is 44.6 Å². The average molecular weight is 1290 g/mol. The van der Waals surface area contributed by atoms with Gasteiger partial charge in [0.2, 0.25) is 0 Å². The van der Waals surface area contributed by atoms with E-state index in [4.69, 9.17) is 0 Å². The lowest BCUT2D eigenvalue weighted by molar-refractivity contribution is -0.142. The number of aromatic amines is 3. The van der Waals surface area contributed by atoms with Crippen LogP contribution in [0.25, 0.3) is 16.7 Å². The van der Waals surface area contributed by atoms with Crippen molar-refractivity contribution in [2.75, 3.05) is 65.1 Å². The quantitative estimate of drug-likeness (QED) is 0.0509. The van der Waals surface area contributed by atoms with E-state index in [9.17, 15) is 28.5 Å². The Morgan fingerprint density at radius 1 is 0.543 bits per heavy atom. The number of nitrogens with one attached hydrogen (secondary N) is 6. The number of allylic oxidation sites excluding steroid dienone is 6. The lowest BCUT2D eigenvalue weighted by Gasteiger charge is -2.41. The molecule has 0 bridgehead atoms. The number of amides is 3. The molecule has 92 heavy (non-hydrogen) atoms. The van der Waals surface area contributed by atoms with Crippen molar-refractivity contribution in [3.63, 3.8) is 0 Å². The first-order valence-corrected chi connectivity index (χ1v) is 35.3. The van der Waals surface area contributed by atoms with Gasteiger partial charge in [-0.25, -0.2) is 15.0 Å². The second-order valence-corrected chi connectivity index (χ2v) is 31.5. The zero-order valence-electron chi connectivity index (χ0n) is 56.4. The van der Waals surface area contributed by atoms with Crippen LogP contribution in [-0.4, -0.2) is 122 Å². The maximum atomic E-state index is 12.9. The first-order chi connectivity index (χ1) is 43.5. The molecule has 6 aromatic rings. The lowest BCUT2D eigenvalue weighted by atomic mass is 9.76. The highest BCUT2D eigenvalue weighted by atomic mass is 32.2. The maximum absolute atomic E-state index is 12.9. The van der Waals surface area contributed by atoms with Crippen LogP contribution in [0, 0.1) is 31.6 Å². The van der Waals surface area contributed by atoms with Gasteiger partial charge in [0.1, 0.15) is 0 Å². The molecule has 5 aliphatic rings. The number of carbonyl (C=O) groups excluding carboxylic acids is 3. The standard InChI is InChI=1S/C26H36N4O2S.C26H36N4OS.C21H25N3O3/c1-18-17-27-23(28-18)24(31)29-22-7-6-20(26(4,5)30-12-14-33(32)15-13-30)16-21(22)19-8-10-25(2,3)11-9-19;1-18-17-27-23(28-18)24(31)29-22-7-6-20(26(4,5)30-12-14-32-15-13-30)16-21(22)19-8-10-25(2,3)11-9-19;1-13-12-22-18(23-13)19(25)24-17-10-9-15(21(2,3)20(26)27)11-16(17)14-7-5-4-6-8-14/h6-8,16-17H,9-15H2,1-5H3,(H,27,28)(H,29,31);6-8,16-17H,9-15H2,1-5H3,(H,27,28)(H,29,31);7,9-12H,4-6,8H2,1-3H3,(H,22,23)(H,24,25)(H,26,27). The fourth-order valence-electron chi connectivity index (χ4n) is 12.6. The number of rotatable bonds is 15. The zero-order chi connectivity index (χ0) is 66.3. The predicted octanol–water partition coefficient (Wildman–Crippen LogP) is 15.0. The van der Waals surface area contributed by atoms with E-state index < -0.39 is 22.2 Å². The van der Waals surface area contributed by atoms with Gasteiger partial charge in [0, 0.05) is 140 Å². The smallest absolute Gasteiger partial charge is 0.313 e. The van der Waals surface area contributed by atoms with Gasteiger partial charge in [0.05, 0.1) is 5.41 Å². The van der Waals surface area contributed by atoms with Crippen molar-refractivity contribution in [1.82, 2.24) is 39.7 Å². The van der Waals surface area contributed by atoms with E-state index in [0.29, 0.717) is 33.7 Å². The van der Waals surface area contributed by atoms with E-state index in [0.717, 1.165) is 153 Å². The molecule has 3 aromatic heterocycles. The van der Waals surface area contributed by atoms with Crippen molar-refractivity contribution >= 4 is 80.0 Å². The molecular formula is C73H97N11O6S2. The second-order valence-electron chi connectivity index (χ2n) is 28.5. The number of aryl methyl sites for hydroxylation is 3. The molecule has 2 saturated heterocycles. The summed E-state index contributed by atoms with van der Waals surface area (Å²) < 4.78 is 11.9. The van der Waals surface area contributed by atoms with Crippen LogP contribution in [0.1, 0.15) is 216 Å². The monoisotopic (exact) mass is 1290 g/mol. The number of thioether (sulfide) groups is 1. The number of carboxylic acid groups (broad SMARTS) is 1. The molecule has 0 unspecified atom stereocenters. The molecule has 0 spiro atoms. The minimum atomic E-state index is -1.01. The molecule has 17 nitrogen and oxygen atoms in total. The minimum absolute atomic E-state index is 0.0507. The summed E-state index contributed by atoms with van der Waals surface area (Å²) >= 11 is 2.04. The Labute approximate surface area is 551 Å². The fourth-order valence-corrected chi connectivity index (χ4v) is 14.5. The van der Waals surface area contributed by atoms with Gasteiger partial charge in [0.15, 0.2) is 17.5 Å². The first-order valence-electron chi connectivity index (χ1n) is 32.7. The third kappa shape index (κ3) is 17.0. The predicted molar refractivity (Wildman–Crippen MR) is 376 cm³/mol. The van der Waals surface area contributed by atoms with Crippen LogP contribution < -0.4 is 16.0 Å². The molecular weight excluding hydrogens is 1190 g/mol. The summed E-state index contributed by atoms with van der Waals surface area (Å²) in [5.74, 6) is 3.14. The summed E-state index contributed by atoms with van der Waals surface area (Å²) in [4.78, 5) is 76.4. The van der Waals surface area contributed by atoms with Crippen molar-refractivity contribution in [3.8, 4) is 0 Å². The summed E-state index contributed by atoms with van der Waals surface area (Å²) in [5.41, 5.74) is 14.4. The molecule has 2 fully saturated rings. The van der Waals surface area contributed by atoms with Gasteiger partial charge >= 0.3 is 5.97 Å². The number of H-pyrrole nitrogens is 3. The van der Waals surface area contributed by atoms with Gasteiger partial charge in [-0.1, -0.05) is 64.1 Å². The maximum Gasteiger partial charge on any atom is 0.313 e. The fraction of sp³-hybridized carbons (Fsp3) is 0.493. The van der Waals surface area contributed by atoms with Crippen LogP contribution in [-0.2, 0) is 32.1 Å². The largest absolute Gasteiger partial charge is 0.481 e. The van der Waals surface area contributed by atoms with Crippen LogP contribution >= 0.6 is 11.8 Å². The van der Waals surface area contributed by atoms with Crippen LogP contribution in [0.2, 0.25) is 0 Å². The second kappa shape index (κ2) is 29.0. The third-order valence-electron chi connectivity index (χ3n) is 19.3. The van der Waals surface area contributed by atoms with Crippen LogP contribution in [0.15, 0.2) is 91.4 Å². The SMILES string of the molecule is Cc1cnc(C(=O)Nc2ccc(C(C)(C)C(=O)O)cc2C2=CCCCC2)[nH]1.Cc1cnc(C(=O)Nc2ccc(C(C)(C)N3CCS(=O)CC3)cc2C2=CCC(C)(C)CC2)[nH]1.Cc1cnc(C(=O)Nc2ccc(C(C)(C)N3CCSCC3)cc2C2=CCC(C)(C)CC2)[nH]1. The lowest BCUT2D eigenvalue weighted by Crippen LogP contribution is -2.48. The number of carboxylic acids is 1. The van der Waals surface area contributed by atoms with E-state index in [2.05, 4.69) is 160 Å². The molecule has 492 valence electrons. The number of aliphatic carboxylic acids is 1. The summed E-state index contributed by atoms with van der Waals surface area (Å²) in [7, 11) is -0.702. The highest BCUT2D eigenvalue weighted by Gasteiger charge is 2.35. The Morgan fingerprint density at radius 2 is 0.924 bits per heavy atom. The van der Waals surface area contributed by atoms with Gasteiger partial charge in [0.25, 0.3) is 17.7 Å². The van der Waals surface area contributed by atoms with Crippen LogP contribution in [0.3, 0.4) is 0 Å². The van der Waals surface area contributed by atoms with Gasteiger partial charge < -0.3 is 36.0 Å². The molecule has 11 rings (SSSR count). The third-order valence-corrected chi connectivity index (χ3v) is 21.5. The summed E-state index contributed by atoms with van der Waals surface area (Å²) in [6.45, 7) is 31.3. The normalized spacial score (nSPS) is 18.2. The molecule has 0 atom stereocenters. The Kier molecular flexibility index (Phi) is 21.8. The zero-order valence-corrected chi connectivity index (χ0v) is 58.1. The Morgan fingerprint density at radius 3 is 1.27 bits per heavy atom. The molecule has 3 aliphatic carbocycles. The van der Waals surface area contributed by atoms with Gasteiger partial charge in [-0.05, 0) is 207 Å². The molecule has 3 amide bonds. The van der Waals surface area contributed by atoms with Crippen molar-refractivity contribution in [3.05, 3.63) is 159 Å². The number of carbonyl (C=O) groups is 4. The van der Waals surface area contributed by atoms with Gasteiger partial charge in [-0.2, -0.15) is 11.8 Å². The number of hydrogen-bond donors (Lipinski definition) is 7. The number of imidazole rings is 3. The molecule has 5 heterocycles. The Balaban J connectivity index is 0.000000164. The van der Waals surface area contributed by atoms with Crippen LogP contribution in [0.5, 0.6) is 0 Å². The summed E-state index contributed by atoms with van der Waals surface area (Å²) in [6.07, 6.45) is 22.4. The van der Waals surface area contributed by atoms with Crippen molar-refractivity contribution in [1.29, 1.82) is 0 Å². The Bertz CT molecular complexity index is 3790. The Hall–Kier alpha value is -7.19. The number of benzene rings is 3. The average Bonchev–Trinajstić information content (AvgIpc) is 1.23. The molecule has 0 radical (unpaired) electrons. The summed E-state index contributed by atoms with van der Waals surface area (Å²) in [5, 5.41) is 18.7. The molecule has 7 N–H and O–H groups in total. The number of anilines is 3. The van der Waals surface area contributed by atoms with Crippen molar-refractivity contribution in [2.45, 2.75) is 171 Å². The van der Waals surface area contributed by atoms with Gasteiger partial charge in [-0.3, -0.25) is 33.2 Å². The molecule has 0 saturated carbocycles. The van der Waals surface area contributed by atoms with E-state index in [1.165, 1.54) is 33.8 Å². The van der Waals surface area contributed by atoms with E-state index >= 15 is 0 Å². The number of hydrogen-bond acceptors (Lipinski definition) is 11. The number of nitrogens with zero attached hydrogens (tertiary/aromatic N) is 5. The van der Waals surface area contributed by atoms with E-state index in [-0.39, 0.29) is 34.6 Å². The highest BCUT2D eigenvalue weighted by molar-refractivity contribution is 7.99. The molecule has 3 aromatic carbocycles. The topological polar surface area (TPSA) is 234 Å². The first kappa shape index (κ1) is 69.2. The molecule has 2 aliphatic heterocycles. The minimum Gasteiger partial charge on any atom is -0.481 e. The van der Waals surface area contributed by atoms with E-state index in [1.807, 2.05) is 44.7 Å². The molecule has 19 heteroatoms. The summed E-state index contributed by atoms with van der Waals surface area (Å²) in [6, 6.07) is 18.4. The highest BCUT2D eigenvalue weighted by Crippen LogP contribution is 2.44. The van der Waals surface area contributed by atoms with Crippen molar-refractivity contribution < 1.29 is 28.5 Å². The van der Waals surface area contributed by atoms with Crippen molar-refractivity contribution in [2.24, 2.45) is 10.8 Å². The van der Waals surface area contributed by atoms with Crippen LogP contribution in [0.4, 0.5) is 17.1 Å². The number of aromatic nitrogens is 6. The van der Waals surface area contributed by atoms with Gasteiger partial charge in [-0.15, -0.1) is 0 Å².